The smallest absolute Gasteiger partial charge is 0.239 e. The van der Waals surface area contributed by atoms with Gasteiger partial charge >= 0.3 is 0 Å². The third kappa shape index (κ3) is 3.03. The Bertz CT molecular complexity index is 741. The average Bonchev–Trinajstić information content (AvgIpc) is 2.94. The van der Waals surface area contributed by atoms with Crippen LogP contribution in [0.4, 0.5) is 0 Å². The van der Waals surface area contributed by atoms with Crippen LogP contribution in [-0.2, 0) is 11.3 Å². The summed E-state index contributed by atoms with van der Waals surface area (Å²) in [6, 6.07) is 8.71. The minimum Gasteiger partial charge on any atom is -0.391 e. The van der Waals surface area contributed by atoms with Gasteiger partial charge in [0.15, 0.2) is 5.43 Å². The minimum absolute atomic E-state index is 0.0487. The van der Waals surface area contributed by atoms with Crippen molar-refractivity contribution in [3.63, 3.8) is 0 Å². The molecule has 0 bridgehead atoms. The first kappa shape index (κ1) is 14.7. The molecule has 6 heteroatoms. The molecule has 2 heterocycles. The third-order valence-electron chi connectivity index (χ3n) is 4.06. The normalized spacial score (nSPS) is 21.1. The molecule has 0 aliphatic carbocycles. The van der Waals surface area contributed by atoms with Gasteiger partial charge in [0, 0.05) is 43.2 Å². The maximum absolute atomic E-state index is 12.1. The number of amides is 1. The number of carbonyl (C=O) groups excluding carboxylic acids is 1. The molecule has 6 nitrogen and oxygen atoms in total. The number of nitrogens with zero attached hydrogens (tertiary/aromatic N) is 1. The molecule has 1 aliphatic rings. The standard InChI is InChI=1S/C16H19N3O3/c20-14-5-6-19(13-4-2-1-3-12(13)14)10-16(22)18-8-11-7-17-9-15(11)21/h1-6,11,15,17,21H,7-10H2,(H,18,22). The zero-order valence-corrected chi connectivity index (χ0v) is 12.2. The van der Waals surface area contributed by atoms with Crippen LogP contribution in [0.2, 0.25) is 0 Å². The van der Waals surface area contributed by atoms with Gasteiger partial charge in [0.2, 0.25) is 5.91 Å². The molecule has 1 amide bonds. The number of benzene rings is 1. The van der Waals surface area contributed by atoms with Gasteiger partial charge in [0.1, 0.15) is 6.54 Å². The van der Waals surface area contributed by atoms with E-state index in [0.717, 1.165) is 5.52 Å². The van der Waals surface area contributed by atoms with E-state index in [0.29, 0.717) is 25.0 Å². The molecule has 2 atom stereocenters. The molecule has 0 radical (unpaired) electrons. The van der Waals surface area contributed by atoms with Crippen molar-refractivity contribution in [3.8, 4) is 0 Å². The van der Waals surface area contributed by atoms with Gasteiger partial charge in [0.25, 0.3) is 0 Å². The van der Waals surface area contributed by atoms with Crippen LogP contribution in [0.25, 0.3) is 10.9 Å². The van der Waals surface area contributed by atoms with Gasteiger partial charge in [-0.15, -0.1) is 0 Å². The van der Waals surface area contributed by atoms with Crippen molar-refractivity contribution in [1.29, 1.82) is 0 Å². The second-order valence-electron chi connectivity index (χ2n) is 5.61. The van der Waals surface area contributed by atoms with Crippen molar-refractivity contribution >= 4 is 16.8 Å². The number of pyridine rings is 1. The molecule has 2 aromatic rings. The minimum atomic E-state index is -0.409. The first-order valence-electron chi connectivity index (χ1n) is 7.39. The van der Waals surface area contributed by atoms with Gasteiger partial charge in [0.05, 0.1) is 11.6 Å². The van der Waals surface area contributed by atoms with Crippen LogP contribution >= 0.6 is 0 Å². The fraction of sp³-hybridized carbons (Fsp3) is 0.375. The highest BCUT2D eigenvalue weighted by Crippen LogP contribution is 2.10. The number of para-hydroxylation sites is 1. The van der Waals surface area contributed by atoms with E-state index in [4.69, 9.17) is 0 Å². The van der Waals surface area contributed by atoms with E-state index in [2.05, 4.69) is 10.6 Å². The number of nitrogens with one attached hydrogen (secondary N) is 2. The molecule has 1 aliphatic heterocycles. The fourth-order valence-corrected chi connectivity index (χ4v) is 2.78. The van der Waals surface area contributed by atoms with E-state index in [1.807, 2.05) is 18.2 Å². The Morgan fingerprint density at radius 3 is 2.91 bits per heavy atom. The molecule has 0 spiro atoms. The van der Waals surface area contributed by atoms with Crippen LogP contribution in [-0.4, -0.2) is 41.3 Å². The number of fused-ring (bicyclic) bond motifs is 1. The Balaban J connectivity index is 1.69. The number of aliphatic hydroxyl groups is 1. The Hall–Kier alpha value is -2.18. The van der Waals surface area contributed by atoms with Crippen molar-refractivity contribution in [2.24, 2.45) is 5.92 Å². The molecule has 2 unspecified atom stereocenters. The molecule has 1 aromatic carbocycles. The Morgan fingerprint density at radius 1 is 1.32 bits per heavy atom. The summed E-state index contributed by atoms with van der Waals surface area (Å²) in [5.74, 6) is -0.0809. The van der Waals surface area contributed by atoms with E-state index < -0.39 is 6.10 Å². The van der Waals surface area contributed by atoms with Crippen LogP contribution in [0.1, 0.15) is 0 Å². The van der Waals surface area contributed by atoms with Crippen LogP contribution in [0.5, 0.6) is 0 Å². The third-order valence-corrected chi connectivity index (χ3v) is 4.06. The summed E-state index contributed by atoms with van der Waals surface area (Å²) < 4.78 is 1.76. The zero-order valence-electron chi connectivity index (χ0n) is 12.2. The zero-order chi connectivity index (χ0) is 15.5. The monoisotopic (exact) mass is 301 g/mol. The van der Waals surface area contributed by atoms with Crippen LogP contribution in [0.15, 0.2) is 41.3 Å². The summed E-state index contributed by atoms with van der Waals surface area (Å²) >= 11 is 0. The molecule has 22 heavy (non-hydrogen) atoms. The molecule has 0 saturated carbocycles. The summed E-state index contributed by atoms with van der Waals surface area (Å²) in [6.45, 7) is 1.88. The molecule has 3 rings (SSSR count). The largest absolute Gasteiger partial charge is 0.391 e. The van der Waals surface area contributed by atoms with Crippen molar-refractivity contribution in [3.05, 3.63) is 46.8 Å². The van der Waals surface area contributed by atoms with Gasteiger partial charge in [-0.25, -0.2) is 0 Å². The highest BCUT2D eigenvalue weighted by Gasteiger charge is 2.24. The maximum Gasteiger partial charge on any atom is 0.239 e. The van der Waals surface area contributed by atoms with Gasteiger partial charge in [-0.1, -0.05) is 12.1 Å². The summed E-state index contributed by atoms with van der Waals surface area (Å²) in [5, 5.41) is 16.2. The van der Waals surface area contributed by atoms with E-state index in [-0.39, 0.29) is 23.8 Å². The molecule has 3 N–H and O–H groups in total. The van der Waals surface area contributed by atoms with Crippen molar-refractivity contribution in [2.75, 3.05) is 19.6 Å². The van der Waals surface area contributed by atoms with E-state index >= 15 is 0 Å². The lowest BCUT2D eigenvalue weighted by atomic mass is 10.1. The lowest BCUT2D eigenvalue weighted by Gasteiger charge is -2.15. The molecule has 1 aromatic heterocycles. The van der Waals surface area contributed by atoms with Gasteiger partial charge in [-0.2, -0.15) is 0 Å². The van der Waals surface area contributed by atoms with Gasteiger partial charge < -0.3 is 20.3 Å². The molecule has 116 valence electrons. The lowest BCUT2D eigenvalue weighted by molar-refractivity contribution is -0.121. The summed E-state index contributed by atoms with van der Waals surface area (Å²) in [7, 11) is 0. The number of hydrogen-bond donors (Lipinski definition) is 3. The predicted molar refractivity (Wildman–Crippen MR) is 83.6 cm³/mol. The SMILES string of the molecule is O=C(Cn1ccc(=O)c2ccccc21)NCC1CNCC1O. The van der Waals surface area contributed by atoms with Gasteiger partial charge in [-0.3, -0.25) is 9.59 Å². The summed E-state index contributed by atoms with van der Waals surface area (Å²) in [5.41, 5.74) is 0.695. The number of hydrogen-bond acceptors (Lipinski definition) is 4. The van der Waals surface area contributed by atoms with Crippen LogP contribution in [0, 0.1) is 5.92 Å². The first-order chi connectivity index (χ1) is 10.6. The number of aromatic nitrogens is 1. The number of β-amino-alcohol motifs (C(OH)–C–C–N with tert-alkyl or cyclic N) is 1. The number of aliphatic hydroxyl groups excluding tert-OH is 1. The Labute approximate surface area is 127 Å². The average molecular weight is 301 g/mol. The predicted octanol–water partition coefficient (Wildman–Crippen LogP) is -0.302. The van der Waals surface area contributed by atoms with E-state index in [9.17, 15) is 14.7 Å². The summed E-state index contributed by atoms with van der Waals surface area (Å²) in [4.78, 5) is 23.9. The summed E-state index contributed by atoms with van der Waals surface area (Å²) in [6.07, 6.45) is 1.23. The molecular weight excluding hydrogens is 282 g/mol. The molecular formula is C16H19N3O3. The number of rotatable bonds is 4. The van der Waals surface area contributed by atoms with E-state index in [1.165, 1.54) is 6.07 Å². The van der Waals surface area contributed by atoms with Crippen molar-refractivity contribution in [2.45, 2.75) is 12.6 Å². The second kappa shape index (κ2) is 6.29. The van der Waals surface area contributed by atoms with Crippen molar-refractivity contribution in [1.82, 2.24) is 15.2 Å². The first-order valence-corrected chi connectivity index (χ1v) is 7.39. The molecule has 1 fully saturated rings. The van der Waals surface area contributed by atoms with Gasteiger partial charge in [-0.05, 0) is 12.1 Å². The van der Waals surface area contributed by atoms with E-state index in [1.54, 1.807) is 16.8 Å². The topological polar surface area (TPSA) is 83.4 Å². The van der Waals surface area contributed by atoms with Crippen LogP contribution in [0.3, 0.4) is 0 Å². The maximum atomic E-state index is 12.1. The number of carbonyl (C=O) groups is 1. The Morgan fingerprint density at radius 2 is 2.14 bits per heavy atom. The van der Waals surface area contributed by atoms with Crippen LogP contribution < -0.4 is 16.1 Å². The highest BCUT2D eigenvalue weighted by atomic mass is 16.3. The van der Waals surface area contributed by atoms with Crippen molar-refractivity contribution < 1.29 is 9.90 Å². The lowest BCUT2D eigenvalue weighted by Crippen LogP contribution is -2.36. The quantitative estimate of drug-likeness (QED) is 0.724. The molecule has 1 saturated heterocycles. The highest BCUT2D eigenvalue weighted by molar-refractivity contribution is 5.82. The second-order valence-corrected chi connectivity index (χ2v) is 5.61. The fourth-order valence-electron chi connectivity index (χ4n) is 2.78. The Kier molecular flexibility index (Phi) is 4.22.